The maximum absolute atomic E-state index is 12.1. The average Bonchev–Trinajstić information content (AvgIpc) is 2.71. The first-order valence-corrected chi connectivity index (χ1v) is 8.91. The third-order valence-corrected chi connectivity index (χ3v) is 3.81. The molecule has 8 heteroatoms. The maximum Gasteiger partial charge on any atom is 0.331 e. The Kier molecular flexibility index (Phi) is 7.78. The zero-order chi connectivity index (χ0) is 21.2. The van der Waals surface area contributed by atoms with E-state index in [1.165, 1.54) is 36.4 Å². The summed E-state index contributed by atoms with van der Waals surface area (Å²) >= 11 is 0. The van der Waals surface area contributed by atoms with Gasteiger partial charge in [0.05, 0.1) is 4.92 Å². The van der Waals surface area contributed by atoms with Gasteiger partial charge in [0.15, 0.2) is 12.4 Å². The van der Waals surface area contributed by atoms with Crippen LogP contribution in [-0.4, -0.2) is 29.2 Å². The Morgan fingerprint density at radius 2 is 1.86 bits per heavy atom. The molecule has 0 atom stereocenters. The average molecular weight is 396 g/mol. The minimum absolute atomic E-state index is 0.0926. The third kappa shape index (κ3) is 7.02. The Bertz CT molecular complexity index is 934. The van der Waals surface area contributed by atoms with Crippen LogP contribution in [0.2, 0.25) is 0 Å². The van der Waals surface area contributed by atoms with E-state index < -0.39 is 23.3 Å². The quantitative estimate of drug-likeness (QED) is 0.227. The van der Waals surface area contributed by atoms with Crippen molar-refractivity contribution in [2.45, 2.75) is 19.8 Å². The fourth-order valence-corrected chi connectivity index (χ4v) is 2.36. The summed E-state index contributed by atoms with van der Waals surface area (Å²) in [5, 5.41) is 13.5. The standard InChI is InChI=1S/C21H20N2O6/c1-2-4-20(25)22-17-10-8-16(9-11-17)19(24)14-29-21(26)12-7-15-5-3-6-18(13-15)23(27)28/h3,5-13H,2,4,14H2,1H3,(H,22,25)/b12-7+. The van der Waals surface area contributed by atoms with Crippen molar-refractivity contribution in [1.82, 2.24) is 0 Å². The number of ketones is 1. The van der Waals surface area contributed by atoms with Crippen LogP contribution in [0.1, 0.15) is 35.7 Å². The first kappa shape index (κ1) is 21.5. The topological polar surface area (TPSA) is 116 Å². The number of carbonyl (C=O) groups excluding carboxylic acids is 3. The van der Waals surface area contributed by atoms with Crippen LogP contribution in [0.25, 0.3) is 6.08 Å². The molecule has 29 heavy (non-hydrogen) atoms. The lowest BCUT2D eigenvalue weighted by molar-refractivity contribution is -0.384. The lowest BCUT2D eigenvalue weighted by atomic mass is 10.1. The molecule has 2 aromatic rings. The van der Waals surface area contributed by atoms with E-state index in [0.29, 0.717) is 23.2 Å². The zero-order valence-corrected chi connectivity index (χ0v) is 15.8. The number of anilines is 1. The number of ether oxygens (including phenoxy) is 1. The summed E-state index contributed by atoms with van der Waals surface area (Å²) in [6, 6.07) is 12.0. The number of non-ortho nitro benzene ring substituents is 1. The SMILES string of the molecule is CCCC(=O)Nc1ccc(C(=O)COC(=O)/C=C/c2cccc([N+](=O)[O-])c2)cc1. The van der Waals surface area contributed by atoms with Crippen molar-refractivity contribution in [2.75, 3.05) is 11.9 Å². The number of nitro groups is 1. The van der Waals surface area contributed by atoms with Crippen molar-refractivity contribution in [2.24, 2.45) is 0 Å². The van der Waals surface area contributed by atoms with E-state index in [9.17, 15) is 24.5 Å². The van der Waals surface area contributed by atoms with Crippen molar-refractivity contribution in [1.29, 1.82) is 0 Å². The normalized spacial score (nSPS) is 10.5. The number of Topliss-reactive ketones (excluding diaryl/α,β-unsaturated/α-hetero) is 1. The van der Waals surface area contributed by atoms with Crippen molar-refractivity contribution < 1.29 is 24.0 Å². The molecule has 0 spiro atoms. The molecule has 2 aromatic carbocycles. The molecule has 0 heterocycles. The summed E-state index contributed by atoms with van der Waals surface area (Å²) in [6.45, 7) is 1.46. The Morgan fingerprint density at radius 3 is 2.52 bits per heavy atom. The number of nitro benzene ring substituents is 1. The summed E-state index contributed by atoms with van der Waals surface area (Å²) in [6.07, 6.45) is 3.62. The van der Waals surface area contributed by atoms with Gasteiger partial charge in [0.2, 0.25) is 5.91 Å². The third-order valence-electron chi connectivity index (χ3n) is 3.81. The number of carbonyl (C=O) groups is 3. The minimum Gasteiger partial charge on any atom is -0.454 e. The molecular weight excluding hydrogens is 376 g/mol. The van der Waals surface area contributed by atoms with Crippen LogP contribution in [0.5, 0.6) is 0 Å². The van der Waals surface area contributed by atoms with Crippen molar-refractivity contribution in [3.63, 3.8) is 0 Å². The van der Waals surface area contributed by atoms with Crippen LogP contribution >= 0.6 is 0 Å². The predicted molar refractivity (Wildman–Crippen MR) is 107 cm³/mol. The van der Waals surface area contributed by atoms with Crippen molar-refractivity contribution in [3.8, 4) is 0 Å². The first-order chi connectivity index (χ1) is 13.9. The molecule has 0 unspecified atom stereocenters. The molecule has 1 N–H and O–H groups in total. The van der Waals surface area contributed by atoms with E-state index in [0.717, 1.165) is 12.5 Å². The van der Waals surface area contributed by atoms with E-state index in [4.69, 9.17) is 4.74 Å². The molecule has 1 amide bonds. The van der Waals surface area contributed by atoms with Gasteiger partial charge in [-0.25, -0.2) is 4.79 Å². The second kappa shape index (κ2) is 10.5. The zero-order valence-electron chi connectivity index (χ0n) is 15.8. The summed E-state index contributed by atoms with van der Waals surface area (Å²) in [5.74, 6) is -1.24. The largest absolute Gasteiger partial charge is 0.454 e. The molecule has 8 nitrogen and oxygen atoms in total. The molecule has 0 fully saturated rings. The van der Waals surface area contributed by atoms with E-state index >= 15 is 0 Å². The molecule has 0 bridgehead atoms. The Labute approximate surface area is 167 Å². The first-order valence-electron chi connectivity index (χ1n) is 8.91. The van der Waals surface area contributed by atoms with Gasteiger partial charge in [-0.2, -0.15) is 0 Å². The molecular formula is C21H20N2O6. The number of benzene rings is 2. The van der Waals surface area contributed by atoms with E-state index in [2.05, 4.69) is 5.32 Å². The Balaban J connectivity index is 1.86. The summed E-state index contributed by atoms with van der Waals surface area (Å²) in [4.78, 5) is 45.6. The highest BCUT2D eigenvalue weighted by atomic mass is 16.6. The highest BCUT2D eigenvalue weighted by molar-refractivity contribution is 5.99. The number of amides is 1. The molecule has 0 aromatic heterocycles. The van der Waals surface area contributed by atoms with Gasteiger partial charge in [0.25, 0.3) is 5.69 Å². The summed E-state index contributed by atoms with van der Waals surface area (Å²) < 4.78 is 4.91. The summed E-state index contributed by atoms with van der Waals surface area (Å²) in [7, 11) is 0. The number of esters is 1. The van der Waals surface area contributed by atoms with Gasteiger partial charge in [-0.15, -0.1) is 0 Å². The summed E-state index contributed by atoms with van der Waals surface area (Å²) in [5.41, 5.74) is 1.29. The van der Waals surface area contributed by atoms with Gasteiger partial charge in [-0.05, 0) is 42.3 Å². The molecule has 2 rings (SSSR count). The molecule has 0 aliphatic heterocycles. The lowest BCUT2D eigenvalue weighted by Crippen LogP contribution is -2.13. The van der Waals surface area contributed by atoms with Crippen LogP contribution in [0.15, 0.2) is 54.6 Å². The van der Waals surface area contributed by atoms with Crippen LogP contribution in [0.3, 0.4) is 0 Å². The fraction of sp³-hybridized carbons (Fsp3) is 0.190. The number of hydrogen-bond acceptors (Lipinski definition) is 6. The van der Waals surface area contributed by atoms with Gasteiger partial charge >= 0.3 is 5.97 Å². The number of nitrogens with one attached hydrogen (secondary N) is 1. The van der Waals surface area contributed by atoms with Crippen molar-refractivity contribution in [3.05, 3.63) is 75.8 Å². The number of nitrogens with zero attached hydrogens (tertiary/aromatic N) is 1. The number of rotatable bonds is 9. The van der Waals surface area contributed by atoms with Crippen LogP contribution in [0, 0.1) is 10.1 Å². The Morgan fingerprint density at radius 1 is 1.14 bits per heavy atom. The monoisotopic (exact) mass is 396 g/mol. The molecule has 150 valence electrons. The van der Waals surface area contributed by atoms with Crippen LogP contribution in [0.4, 0.5) is 11.4 Å². The van der Waals surface area contributed by atoms with Gasteiger partial charge in [0.1, 0.15) is 0 Å². The predicted octanol–water partition coefficient (Wildman–Crippen LogP) is 3.77. The fourth-order valence-electron chi connectivity index (χ4n) is 2.36. The molecule has 0 saturated heterocycles. The molecule has 0 saturated carbocycles. The second-order valence-electron chi connectivity index (χ2n) is 6.09. The highest BCUT2D eigenvalue weighted by Crippen LogP contribution is 2.14. The smallest absolute Gasteiger partial charge is 0.331 e. The van der Waals surface area contributed by atoms with Gasteiger partial charge in [-0.3, -0.25) is 19.7 Å². The van der Waals surface area contributed by atoms with Crippen LogP contribution in [-0.2, 0) is 14.3 Å². The van der Waals surface area contributed by atoms with Gasteiger partial charge < -0.3 is 10.1 Å². The minimum atomic E-state index is -0.742. The van der Waals surface area contributed by atoms with Crippen molar-refractivity contribution >= 4 is 35.1 Å². The lowest BCUT2D eigenvalue weighted by Gasteiger charge is -2.06. The van der Waals surface area contributed by atoms with Gasteiger partial charge in [0, 0.05) is 35.9 Å². The Hall–Kier alpha value is -3.81. The second-order valence-corrected chi connectivity index (χ2v) is 6.09. The van der Waals surface area contributed by atoms with Crippen LogP contribution < -0.4 is 5.32 Å². The van der Waals surface area contributed by atoms with E-state index in [1.807, 2.05) is 6.92 Å². The maximum atomic E-state index is 12.1. The molecule has 0 aliphatic carbocycles. The molecule has 0 radical (unpaired) electrons. The van der Waals surface area contributed by atoms with Gasteiger partial charge in [-0.1, -0.05) is 19.1 Å². The van der Waals surface area contributed by atoms with E-state index in [1.54, 1.807) is 18.2 Å². The molecule has 0 aliphatic rings. The van der Waals surface area contributed by atoms with E-state index in [-0.39, 0.29) is 11.6 Å². The number of hydrogen-bond donors (Lipinski definition) is 1. The highest BCUT2D eigenvalue weighted by Gasteiger charge is 2.10.